The molecular formula is C24H33BF4S. The van der Waals surface area contributed by atoms with Gasteiger partial charge in [-0.2, -0.15) is 0 Å². The second-order valence-corrected chi connectivity index (χ2v) is 11.0. The van der Waals surface area contributed by atoms with Crippen LogP contribution in [0.2, 0.25) is 0 Å². The zero-order valence-electron chi connectivity index (χ0n) is 19.4. The van der Waals surface area contributed by atoms with Crippen LogP contribution in [-0.2, 0) is 30.2 Å². The molecule has 1 aliphatic rings. The van der Waals surface area contributed by atoms with Gasteiger partial charge in [-0.3, -0.25) is 0 Å². The molecule has 0 saturated heterocycles. The van der Waals surface area contributed by atoms with Gasteiger partial charge in [0.25, 0.3) is 0 Å². The normalized spacial score (nSPS) is 16.2. The van der Waals surface area contributed by atoms with Gasteiger partial charge >= 0.3 is 7.25 Å². The minimum atomic E-state index is -6.00. The topological polar surface area (TPSA) is 0 Å². The van der Waals surface area contributed by atoms with Gasteiger partial charge in [-0.05, 0) is 115 Å². The molecule has 0 N–H and O–H groups in total. The van der Waals surface area contributed by atoms with Crippen molar-refractivity contribution in [3.05, 3.63) is 67.8 Å². The highest BCUT2D eigenvalue weighted by molar-refractivity contribution is 7.95. The Kier molecular flexibility index (Phi) is 7.76. The third-order valence-corrected chi connectivity index (χ3v) is 7.93. The van der Waals surface area contributed by atoms with Crippen molar-refractivity contribution < 1.29 is 17.3 Å². The maximum Gasteiger partial charge on any atom is 0.673 e. The Morgan fingerprint density at radius 2 is 1.10 bits per heavy atom. The summed E-state index contributed by atoms with van der Waals surface area (Å²) in [7, 11) is -5.64. The number of rotatable bonds is 1. The number of fused-ring (bicyclic) bond motifs is 4. The fourth-order valence-corrected chi connectivity index (χ4v) is 6.37. The van der Waals surface area contributed by atoms with E-state index < -0.39 is 7.25 Å². The van der Waals surface area contributed by atoms with Gasteiger partial charge in [0.05, 0.1) is 12.5 Å². The standard InChI is InChI=1S/C24H33S.BF4/c1-14-11-16(3)22-13-23(25(7)8)24-17(4)12-15(2)21(19(24)6)10-9-20(14)18(22)5;2-1(3,4)5/h11-12,23H,9-10,13H2,1-8H3;/q+1;-1. The average Bonchev–Trinajstić information content (AvgIpc) is 2.56. The van der Waals surface area contributed by atoms with Crippen molar-refractivity contribution in [2.75, 3.05) is 12.5 Å². The molecule has 166 valence electrons. The fraction of sp³-hybridized carbons (Fsp3) is 0.500. The Morgan fingerprint density at radius 3 is 1.57 bits per heavy atom. The first kappa shape index (κ1) is 24.8. The van der Waals surface area contributed by atoms with Gasteiger partial charge in [0.15, 0.2) is 0 Å². The summed E-state index contributed by atoms with van der Waals surface area (Å²) in [4.78, 5) is 0. The molecule has 4 bridgehead atoms. The largest absolute Gasteiger partial charge is 0.673 e. The first-order chi connectivity index (χ1) is 13.7. The first-order valence-electron chi connectivity index (χ1n) is 10.3. The van der Waals surface area contributed by atoms with Crippen LogP contribution >= 0.6 is 0 Å². The molecule has 1 atom stereocenters. The van der Waals surface area contributed by atoms with Crippen LogP contribution < -0.4 is 0 Å². The molecule has 2 aromatic carbocycles. The van der Waals surface area contributed by atoms with Gasteiger partial charge < -0.3 is 17.3 Å². The van der Waals surface area contributed by atoms with Crippen molar-refractivity contribution in [3.63, 3.8) is 0 Å². The average molecular weight is 440 g/mol. The van der Waals surface area contributed by atoms with Crippen LogP contribution in [-0.4, -0.2) is 19.8 Å². The van der Waals surface area contributed by atoms with E-state index in [0.717, 1.165) is 0 Å². The van der Waals surface area contributed by atoms with E-state index in [0.29, 0.717) is 16.1 Å². The van der Waals surface area contributed by atoms with Crippen LogP contribution in [0.5, 0.6) is 0 Å². The van der Waals surface area contributed by atoms with E-state index in [2.05, 4.69) is 66.2 Å². The van der Waals surface area contributed by atoms with E-state index in [1.807, 2.05) is 0 Å². The van der Waals surface area contributed by atoms with E-state index in [-0.39, 0.29) is 0 Å². The molecule has 0 spiro atoms. The molecule has 1 aliphatic carbocycles. The summed E-state index contributed by atoms with van der Waals surface area (Å²) in [5.74, 6) is 0. The SMILES string of the molecule is Cc1cc(C)c2c(C)c1CCc1c(C)cc(C)c(c1C)C([S+](C)C)C2.F[B-](F)(F)F. The van der Waals surface area contributed by atoms with E-state index in [4.69, 9.17) is 0 Å². The lowest BCUT2D eigenvalue weighted by molar-refractivity contribution is 0.368. The number of hydrogen-bond acceptors (Lipinski definition) is 0. The molecule has 3 rings (SSSR count). The van der Waals surface area contributed by atoms with Crippen LogP contribution in [0.4, 0.5) is 17.3 Å². The van der Waals surface area contributed by atoms with Gasteiger partial charge in [0.2, 0.25) is 0 Å². The van der Waals surface area contributed by atoms with Gasteiger partial charge in [-0.1, -0.05) is 12.1 Å². The summed E-state index contributed by atoms with van der Waals surface area (Å²) < 4.78 is 39.0. The van der Waals surface area contributed by atoms with E-state index in [1.165, 1.54) is 41.5 Å². The maximum absolute atomic E-state index is 9.75. The third kappa shape index (κ3) is 5.63. The molecule has 1 unspecified atom stereocenters. The third-order valence-electron chi connectivity index (χ3n) is 6.39. The molecule has 0 aliphatic heterocycles. The molecule has 30 heavy (non-hydrogen) atoms. The number of aryl methyl sites for hydroxylation is 4. The quantitative estimate of drug-likeness (QED) is 0.252. The summed E-state index contributed by atoms with van der Waals surface area (Å²) in [5, 5.41) is 0.630. The van der Waals surface area contributed by atoms with E-state index in [1.54, 1.807) is 33.4 Å². The first-order valence-corrected chi connectivity index (χ1v) is 12.4. The molecule has 0 amide bonds. The van der Waals surface area contributed by atoms with Gasteiger partial charge in [0.1, 0.15) is 5.25 Å². The highest BCUT2D eigenvalue weighted by Gasteiger charge is 2.31. The molecule has 0 nitrogen and oxygen atoms in total. The summed E-state index contributed by atoms with van der Waals surface area (Å²) in [6.45, 7) is 14.0. The highest BCUT2D eigenvalue weighted by Crippen LogP contribution is 2.38. The molecule has 0 aromatic heterocycles. The summed E-state index contributed by atoms with van der Waals surface area (Å²) in [6.07, 6.45) is 8.38. The minimum Gasteiger partial charge on any atom is -0.418 e. The Labute approximate surface area is 181 Å². The Morgan fingerprint density at radius 1 is 0.700 bits per heavy atom. The smallest absolute Gasteiger partial charge is 0.418 e. The number of halogens is 4. The van der Waals surface area contributed by atoms with Crippen LogP contribution in [0.15, 0.2) is 12.1 Å². The monoisotopic (exact) mass is 440 g/mol. The molecule has 0 fully saturated rings. The van der Waals surface area contributed by atoms with E-state index in [9.17, 15) is 17.3 Å². The van der Waals surface area contributed by atoms with Crippen LogP contribution in [0.1, 0.15) is 60.9 Å². The van der Waals surface area contributed by atoms with Crippen molar-refractivity contribution >= 4 is 18.1 Å². The molecule has 0 radical (unpaired) electrons. The highest BCUT2D eigenvalue weighted by atomic mass is 32.2. The summed E-state index contributed by atoms with van der Waals surface area (Å²) in [5.41, 5.74) is 15.5. The van der Waals surface area contributed by atoms with Crippen molar-refractivity contribution in [2.24, 2.45) is 0 Å². The van der Waals surface area contributed by atoms with Crippen LogP contribution in [0, 0.1) is 41.5 Å². The van der Waals surface area contributed by atoms with E-state index >= 15 is 0 Å². The second-order valence-electron chi connectivity index (χ2n) is 8.69. The minimum absolute atomic E-state index is 0.355. The second kappa shape index (κ2) is 9.38. The Balaban J connectivity index is 0.000000575. The Bertz CT molecular complexity index is 926. The summed E-state index contributed by atoms with van der Waals surface area (Å²) in [6, 6.07) is 4.88. The number of hydrogen-bond donors (Lipinski definition) is 0. The van der Waals surface area contributed by atoms with Crippen molar-refractivity contribution in [3.8, 4) is 0 Å². The maximum atomic E-state index is 9.75. The van der Waals surface area contributed by atoms with Gasteiger partial charge in [-0.15, -0.1) is 0 Å². The van der Waals surface area contributed by atoms with Gasteiger partial charge in [0, 0.05) is 12.0 Å². The molecule has 0 heterocycles. The van der Waals surface area contributed by atoms with Crippen LogP contribution in [0.25, 0.3) is 0 Å². The molecule has 6 heteroatoms. The lowest BCUT2D eigenvalue weighted by Gasteiger charge is -2.27. The van der Waals surface area contributed by atoms with Gasteiger partial charge in [-0.25, -0.2) is 0 Å². The van der Waals surface area contributed by atoms with Crippen molar-refractivity contribution in [1.82, 2.24) is 0 Å². The molecule has 2 aromatic rings. The predicted molar refractivity (Wildman–Crippen MR) is 125 cm³/mol. The predicted octanol–water partition coefficient (Wildman–Crippen LogP) is 7.10. The Hall–Kier alpha value is -1.43. The van der Waals surface area contributed by atoms with Crippen molar-refractivity contribution in [2.45, 2.75) is 66.1 Å². The van der Waals surface area contributed by atoms with Crippen molar-refractivity contribution in [1.29, 1.82) is 0 Å². The lowest BCUT2D eigenvalue weighted by atomic mass is 9.82. The zero-order valence-corrected chi connectivity index (χ0v) is 20.2. The lowest BCUT2D eigenvalue weighted by Crippen LogP contribution is -2.20. The molecule has 0 saturated carbocycles. The van der Waals surface area contributed by atoms with Crippen LogP contribution in [0.3, 0.4) is 0 Å². The zero-order chi connectivity index (χ0) is 23.0. The molecular weight excluding hydrogens is 407 g/mol. The summed E-state index contributed by atoms with van der Waals surface area (Å²) >= 11 is 0. The fourth-order valence-electron chi connectivity index (χ4n) is 5.03. The number of benzene rings is 2.